The fraction of sp³-hybridized carbons (Fsp3) is 0.267. The third kappa shape index (κ3) is 3.52. The second kappa shape index (κ2) is 5.76. The summed E-state index contributed by atoms with van der Waals surface area (Å²) in [5.41, 5.74) is 1.11. The lowest BCUT2D eigenvalue weighted by Gasteiger charge is -2.03. The van der Waals surface area contributed by atoms with Crippen molar-refractivity contribution in [2.45, 2.75) is 25.7 Å². The van der Waals surface area contributed by atoms with Crippen molar-refractivity contribution in [2.75, 3.05) is 0 Å². The number of unbranched alkanes of at least 4 members (excludes halogenated alkanes) is 1. The van der Waals surface area contributed by atoms with Gasteiger partial charge in [0.15, 0.2) is 0 Å². The Kier molecular flexibility index (Phi) is 4.08. The van der Waals surface area contributed by atoms with Gasteiger partial charge in [0.1, 0.15) is 0 Å². The highest BCUT2D eigenvalue weighted by Crippen LogP contribution is 2.18. The van der Waals surface area contributed by atoms with Gasteiger partial charge in [-0.15, -0.1) is 0 Å². The first-order valence-corrected chi connectivity index (χ1v) is 5.86. The van der Waals surface area contributed by atoms with Crippen LogP contribution in [0.25, 0.3) is 10.8 Å². The van der Waals surface area contributed by atoms with Gasteiger partial charge < -0.3 is 0 Å². The summed E-state index contributed by atoms with van der Waals surface area (Å²) >= 11 is 0. The molecule has 17 heavy (non-hydrogen) atoms. The van der Waals surface area contributed by atoms with Gasteiger partial charge in [-0.25, -0.2) is 8.78 Å². The summed E-state index contributed by atoms with van der Waals surface area (Å²) in [4.78, 5) is 0. The van der Waals surface area contributed by atoms with Crippen molar-refractivity contribution in [3.8, 4) is 0 Å². The molecule has 2 rings (SSSR count). The van der Waals surface area contributed by atoms with Gasteiger partial charge in [0, 0.05) is 6.42 Å². The molecule has 0 spiro atoms. The van der Waals surface area contributed by atoms with Crippen LogP contribution in [-0.2, 0) is 0 Å². The fourth-order valence-corrected chi connectivity index (χ4v) is 1.88. The molecule has 0 saturated carbocycles. The smallest absolute Gasteiger partial charge is 0.211 e. The van der Waals surface area contributed by atoms with Crippen molar-refractivity contribution in [3.63, 3.8) is 0 Å². The maximum absolute atomic E-state index is 12.0. The minimum absolute atomic E-state index is 0.00984. The van der Waals surface area contributed by atoms with E-state index < -0.39 is 6.43 Å². The Hall–Kier alpha value is -1.44. The first-order valence-electron chi connectivity index (χ1n) is 5.86. The molecule has 0 aromatic heterocycles. The number of benzene rings is 2. The standard InChI is InChI=1S/C15H15F2/c16-15(17)8-4-1-5-12-9-10-13-6-2-3-7-14(13)11-12/h2-3,5-7,9-11,15H,1,4,8H2. The van der Waals surface area contributed by atoms with Crippen LogP contribution in [0.5, 0.6) is 0 Å². The molecule has 0 bridgehead atoms. The molecule has 0 nitrogen and oxygen atoms in total. The van der Waals surface area contributed by atoms with Gasteiger partial charge in [-0.1, -0.05) is 42.5 Å². The highest BCUT2D eigenvalue weighted by Gasteiger charge is 2.02. The summed E-state index contributed by atoms with van der Waals surface area (Å²) in [6.07, 6.45) is 1.09. The Labute approximate surface area is 100 Å². The van der Waals surface area contributed by atoms with E-state index in [2.05, 4.69) is 24.3 Å². The molecule has 1 radical (unpaired) electrons. The summed E-state index contributed by atoms with van der Waals surface area (Å²) in [5, 5.41) is 2.40. The zero-order valence-corrected chi connectivity index (χ0v) is 9.57. The second-order valence-corrected chi connectivity index (χ2v) is 4.13. The van der Waals surface area contributed by atoms with Crippen molar-refractivity contribution in [3.05, 3.63) is 54.4 Å². The first kappa shape index (κ1) is 12.0. The lowest BCUT2D eigenvalue weighted by atomic mass is 10.0. The van der Waals surface area contributed by atoms with Crippen molar-refractivity contribution < 1.29 is 8.78 Å². The number of hydrogen-bond acceptors (Lipinski definition) is 0. The average Bonchev–Trinajstić information content (AvgIpc) is 2.34. The van der Waals surface area contributed by atoms with Crippen LogP contribution in [0.4, 0.5) is 8.78 Å². The number of rotatable bonds is 5. The molecule has 0 fully saturated rings. The molecule has 0 aliphatic heterocycles. The molecular formula is C15H15F2. The maximum atomic E-state index is 12.0. The highest BCUT2D eigenvalue weighted by atomic mass is 19.3. The molecule has 2 heteroatoms. The molecule has 0 aliphatic rings. The topological polar surface area (TPSA) is 0 Å². The molecule has 0 unspecified atom stereocenters. The van der Waals surface area contributed by atoms with Crippen LogP contribution >= 0.6 is 0 Å². The summed E-state index contributed by atoms with van der Waals surface area (Å²) in [7, 11) is 0. The summed E-state index contributed by atoms with van der Waals surface area (Å²) < 4.78 is 23.9. The van der Waals surface area contributed by atoms with Gasteiger partial charge in [-0.05, 0) is 35.6 Å². The van der Waals surface area contributed by atoms with Gasteiger partial charge in [-0.2, -0.15) is 0 Å². The number of halogens is 2. The van der Waals surface area contributed by atoms with Crippen LogP contribution in [0.3, 0.4) is 0 Å². The Balaban J connectivity index is 1.95. The van der Waals surface area contributed by atoms with E-state index in [0.717, 1.165) is 5.56 Å². The Bertz CT molecular complexity index is 477. The quantitative estimate of drug-likeness (QED) is 0.649. The molecule has 89 valence electrons. The van der Waals surface area contributed by atoms with E-state index in [0.29, 0.717) is 12.8 Å². The van der Waals surface area contributed by atoms with Crippen LogP contribution in [0.1, 0.15) is 24.8 Å². The largest absolute Gasteiger partial charge is 0.238 e. The normalized spacial score (nSPS) is 11.2. The third-order valence-corrected chi connectivity index (χ3v) is 2.78. The van der Waals surface area contributed by atoms with E-state index in [1.54, 1.807) is 0 Å². The highest BCUT2D eigenvalue weighted by molar-refractivity contribution is 5.83. The van der Waals surface area contributed by atoms with Crippen molar-refractivity contribution in [1.29, 1.82) is 0 Å². The minimum atomic E-state index is -2.18. The Morgan fingerprint density at radius 2 is 1.76 bits per heavy atom. The minimum Gasteiger partial charge on any atom is -0.211 e. The van der Waals surface area contributed by atoms with Crippen LogP contribution in [0, 0.1) is 6.42 Å². The van der Waals surface area contributed by atoms with Crippen molar-refractivity contribution in [2.24, 2.45) is 0 Å². The van der Waals surface area contributed by atoms with Crippen LogP contribution in [0.2, 0.25) is 0 Å². The molecular weight excluding hydrogens is 218 g/mol. The molecule has 0 N–H and O–H groups in total. The SMILES string of the molecule is FC(F)CCC[CH]c1ccc2ccccc2c1. The van der Waals surface area contributed by atoms with E-state index in [1.165, 1.54) is 10.8 Å². The van der Waals surface area contributed by atoms with E-state index >= 15 is 0 Å². The lowest BCUT2D eigenvalue weighted by Crippen LogP contribution is -1.90. The van der Waals surface area contributed by atoms with Crippen LogP contribution in [-0.4, -0.2) is 6.43 Å². The molecule has 0 aliphatic carbocycles. The number of fused-ring (bicyclic) bond motifs is 1. The monoisotopic (exact) mass is 233 g/mol. The zero-order chi connectivity index (χ0) is 12.1. The summed E-state index contributed by atoms with van der Waals surface area (Å²) in [6, 6.07) is 14.3. The fourth-order valence-electron chi connectivity index (χ4n) is 1.88. The van der Waals surface area contributed by atoms with Gasteiger partial charge in [0.25, 0.3) is 0 Å². The third-order valence-electron chi connectivity index (χ3n) is 2.78. The lowest BCUT2D eigenvalue weighted by molar-refractivity contribution is 0.135. The molecule has 2 aromatic rings. The Morgan fingerprint density at radius 1 is 1.00 bits per heavy atom. The van der Waals surface area contributed by atoms with Crippen molar-refractivity contribution >= 4 is 10.8 Å². The maximum Gasteiger partial charge on any atom is 0.238 e. The Morgan fingerprint density at radius 3 is 2.53 bits per heavy atom. The van der Waals surface area contributed by atoms with Gasteiger partial charge in [0.2, 0.25) is 6.43 Å². The van der Waals surface area contributed by atoms with E-state index in [-0.39, 0.29) is 6.42 Å². The van der Waals surface area contributed by atoms with Crippen LogP contribution in [0.15, 0.2) is 42.5 Å². The van der Waals surface area contributed by atoms with Crippen molar-refractivity contribution in [1.82, 2.24) is 0 Å². The average molecular weight is 233 g/mol. The van der Waals surface area contributed by atoms with Crippen LogP contribution < -0.4 is 0 Å². The molecule has 0 atom stereocenters. The summed E-state index contributed by atoms with van der Waals surface area (Å²) in [5.74, 6) is 0. The second-order valence-electron chi connectivity index (χ2n) is 4.13. The van der Waals surface area contributed by atoms with E-state index in [9.17, 15) is 8.78 Å². The molecule has 0 amide bonds. The molecule has 2 aromatic carbocycles. The summed E-state index contributed by atoms with van der Waals surface area (Å²) in [6.45, 7) is 0. The predicted molar refractivity (Wildman–Crippen MR) is 67.2 cm³/mol. The molecule has 0 saturated heterocycles. The number of hydrogen-bond donors (Lipinski definition) is 0. The predicted octanol–water partition coefficient (Wildman–Crippen LogP) is 4.83. The molecule has 0 heterocycles. The van der Waals surface area contributed by atoms with Gasteiger partial charge in [-0.3, -0.25) is 0 Å². The van der Waals surface area contributed by atoms with Gasteiger partial charge in [0.05, 0.1) is 0 Å². The van der Waals surface area contributed by atoms with E-state index in [4.69, 9.17) is 0 Å². The first-order chi connectivity index (χ1) is 8.25. The van der Waals surface area contributed by atoms with E-state index in [1.807, 2.05) is 24.6 Å². The van der Waals surface area contributed by atoms with Gasteiger partial charge >= 0.3 is 0 Å². The number of alkyl halides is 2. The zero-order valence-electron chi connectivity index (χ0n) is 9.57.